The van der Waals surface area contributed by atoms with Crippen LogP contribution in [0.4, 0.5) is 0 Å². The van der Waals surface area contributed by atoms with Gasteiger partial charge >= 0.3 is 5.97 Å². The molecule has 2 aromatic rings. The molecule has 0 saturated carbocycles. The number of H-pyrrole nitrogens is 1. The second kappa shape index (κ2) is 4.18. The number of aromatic nitrogens is 2. The Morgan fingerprint density at radius 3 is 3.13 bits per heavy atom. The van der Waals surface area contributed by atoms with Gasteiger partial charge in [0.15, 0.2) is 0 Å². The van der Waals surface area contributed by atoms with E-state index in [1.807, 2.05) is 6.07 Å². The number of halogens is 1. The van der Waals surface area contributed by atoms with E-state index in [-0.39, 0.29) is 5.97 Å². The highest BCUT2D eigenvalue weighted by atomic mass is 127. The fourth-order valence-electron chi connectivity index (χ4n) is 1.34. The minimum Gasteiger partial charge on any atom is -0.462 e. The molecule has 0 saturated heterocycles. The summed E-state index contributed by atoms with van der Waals surface area (Å²) in [5.74, 6) is -0.299. The van der Waals surface area contributed by atoms with E-state index in [1.54, 1.807) is 19.3 Å². The Morgan fingerprint density at radius 2 is 2.40 bits per heavy atom. The van der Waals surface area contributed by atoms with E-state index in [4.69, 9.17) is 4.74 Å². The van der Waals surface area contributed by atoms with Gasteiger partial charge in [-0.1, -0.05) is 0 Å². The van der Waals surface area contributed by atoms with Crippen molar-refractivity contribution in [3.05, 3.63) is 27.6 Å². The number of benzene rings is 1. The standard InChI is InChI=1S/C10H9IN2O2/c1-2-15-10(14)6-3-4-7-9(8(6)11)13-5-12-7/h3-5H,2H2,1H3,(H,12,13). The van der Waals surface area contributed by atoms with Crippen molar-refractivity contribution in [1.29, 1.82) is 0 Å². The summed E-state index contributed by atoms with van der Waals surface area (Å²) in [6, 6.07) is 3.58. The van der Waals surface area contributed by atoms with Crippen LogP contribution in [0.15, 0.2) is 18.5 Å². The summed E-state index contributed by atoms with van der Waals surface area (Å²) in [6.45, 7) is 2.17. The van der Waals surface area contributed by atoms with Crippen LogP contribution in [-0.2, 0) is 4.74 Å². The molecule has 0 radical (unpaired) electrons. The number of esters is 1. The number of hydrogen-bond donors (Lipinski definition) is 1. The summed E-state index contributed by atoms with van der Waals surface area (Å²) in [4.78, 5) is 18.7. The van der Waals surface area contributed by atoms with Crippen molar-refractivity contribution in [2.24, 2.45) is 0 Å². The van der Waals surface area contributed by atoms with Gasteiger partial charge in [-0.2, -0.15) is 0 Å². The summed E-state index contributed by atoms with van der Waals surface area (Å²) in [5.41, 5.74) is 2.30. The average Bonchev–Trinajstić information content (AvgIpc) is 2.67. The van der Waals surface area contributed by atoms with Crippen molar-refractivity contribution in [1.82, 2.24) is 9.97 Å². The van der Waals surface area contributed by atoms with E-state index in [0.29, 0.717) is 12.2 Å². The van der Waals surface area contributed by atoms with Gasteiger partial charge in [0, 0.05) is 0 Å². The van der Waals surface area contributed by atoms with Gasteiger partial charge < -0.3 is 9.72 Å². The van der Waals surface area contributed by atoms with Gasteiger partial charge in [0.1, 0.15) is 5.52 Å². The van der Waals surface area contributed by atoms with Crippen LogP contribution in [0.25, 0.3) is 11.0 Å². The SMILES string of the molecule is CCOC(=O)c1ccc2[nH]cnc2c1I. The fourth-order valence-corrected chi connectivity index (χ4v) is 2.17. The summed E-state index contributed by atoms with van der Waals surface area (Å²) < 4.78 is 5.78. The zero-order chi connectivity index (χ0) is 10.8. The molecule has 0 unspecified atom stereocenters. The molecule has 0 fully saturated rings. The Hall–Kier alpha value is -1.11. The molecule has 1 aromatic heterocycles. The number of carbonyl (C=O) groups is 1. The molecular weight excluding hydrogens is 307 g/mol. The van der Waals surface area contributed by atoms with Gasteiger partial charge in [0.25, 0.3) is 0 Å². The van der Waals surface area contributed by atoms with Gasteiger partial charge in [-0.05, 0) is 41.6 Å². The lowest BCUT2D eigenvalue weighted by Gasteiger charge is -2.04. The zero-order valence-electron chi connectivity index (χ0n) is 8.08. The smallest absolute Gasteiger partial charge is 0.339 e. The zero-order valence-corrected chi connectivity index (χ0v) is 10.2. The van der Waals surface area contributed by atoms with Crippen LogP contribution in [0.1, 0.15) is 17.3 Å². The monoisotopic (exact) mass is 316 g/mol. The molecule has 0 spiro atoms. The van der Waals surface area contributed by atoms with Gasteiger partial charge in [-0.25, -0.2) is 9.78 Å². The van der Waals surface area contributed by atoms with Crippen molar-refractivity contribution in [2.75, 3.05) is 6.61 Å². The molecule has 0 atom stereocenters. The summed E-state index contributed by atoms with van der Waals surface area (Å²) >= 11 is 2.11. The summed E-state index contributed by atoms with van der Waals surface area (Å²) in [7, 11) is 0. The molecule has 0 amide bonds. The minimum absolute atomic E-state index is 0.299. The Kier molecular flexibility index (Phi) is 2.90. The molecule has 1 heterocycles. The van der Waals surface area contributed by atoms with Crippen LogP contribution in [0, 0.1) is 3.57 Å². The highest BCUT2D eigenvalue weighted by Gasteiger charge is 2.14. The lowest BCUT2D eigenvalue weighted by atomic mass is 10.2. The fraction of sp³-hybridized carbons (Fsp3) is 0.200. The number of nitrogens with one attached hydrogen (secondary N) is 1. The first-order valence-electron chi connectivity index (χ1n) is 4.52. The predicted molar refractivity (Wildman–Crippen MR) is 64.8 cm³/mol. The molecular formula is C10H9IN2O2. The molecule has 4 nitrogen and oxygen atoms in total. The Balaban J connectivity index is 2.52. The van der Waals surface area contributed by atoms with Crippen LogP contribution < -0.4 is 0 Å². The summed E-state index contributed by atoms with van der Waals surface area (Å²) in [6.07, 6.45) is 1.61. The molecule has 78 valence electrons. The van der Waals surface area contributed by atoms with Gasteiger partial charge in [0.05, 0.1) is 27.6 Å². The number of aromatic amines is 1. The number of imidazole rings is 1. The first-order chi connectivity index (χ1) is 7.24. The molecule has 2 rings (SSSR count). The maximum atomic E-state index is 11.6. The van der Waals surface area contributed by atoms with Crippen molar-refractivity contribution in [3.8, 4) is 0 Å². The van der Waals surface area contributed by atoms with E-state index in [1.165, 1.54) is 0 Å². The number of carbonyl (C=O) groups excluding carboxylic acids is 1. The molecule has 1 aromatic carbocycles. The molecule has 0 aliphatic heterocycles. The first kappa shape index (κ1) is 10.4. The van der Waals surface area contributed by atoms with E-state index >= 15 is 0 Å². The van der Waals surface area contributed by atoms with E-state index < -0.39 is 0 Å². The number of rotatable bonds is 2. The quantitative estimate of drug-likeness (QED) is 0.683. The van der Waals surface area contributed by atoms with Crippen LogP contribution >= 0.6 is 22.6 Å². The largest absolute Gasteiger partial charge is 0.462 e. The normalized spacial score (nSPS) is 10.5. The highest BCUT2D eigenvalue weighted by Crippen LogP contribution is 2.22. The van der Waals surface area contributed by atoms with Crippen LogP contribution in [0.2, 0.25) is 0 Å². The minimum atomic E-state index is -0.299. The van der Waals surface area contributed by atoms with Crippen molar-refractivity contribution in [3.63, 3.8) is 0 Å². The first-order valence-corrected chi connectivity index (χ1v) is 5.60. The highest BCUT2D eigenvalue weighted by molar-refractivity contribution is 14.1. The number of hydrogen-bond acceptors (Lipinski definition) is 3. The second-order valence-electron chi connectivity index (χ2n) is 2.95. The maximum absolute atomic E-state index is 11.6. The topological polar surface area (TPSA) is 55.0 Å². The molecule has 0 bridgehead atoms. The molecule has 0 aliphatic carbocycles. The number of nitrogens with zero attached hydrogens (tertiary/aromatic N) is 1. The Morgan fingerprint density at radius 1 is 1.60 bits per heavy atom. The van der Waals surface area contributed by atoms with Crippen molar-refractivity contribution >= 4 is 39.6 Å². The van der Waals surface area contributed by atoms with Crippen LogP contribution in [0.3, 0.4) is 0 Å². The Bertz CT molecular complexity index is 507. The second-order valence-corrected chi connectivity index (χ2v) is 4.03. The lowest BCUT2D eigenvalue weighted by molar-refractivity contribution is 0.0525. The van der Waals surface area contributed by atoms with Gasteiger partial charge in [-0.15, -0.1) is 0 Å². The number of ether oxygens (including phenoxy) is 1. The lowest BCUT2D eigenvalue weighted by Crippen LogP contribution is -2.06. The van der Waals surface area contributed by atoms with E-state index in [0.717, 1.165) is 14.6 Å². The molecule has 15 heavy (non-hydrogen) atoms. The van der Waals surface area contributed by atoms with Gasteiger partial charge in [0.2, 0.25) is 0 Å². The maximum Gasteiger partial charge on any atom is 0.339 e. The summed E-state index contributed by atoms with van der Waals surface area (Å²) in [5, 5.41) is 0. The van der Waals surface area contributed by atoms with E-state index in [9.17, 15) is 4.79 Å². The van der Waals surface area contributed by atoms with Crippen molar-refractivity contribution < 1.29 is 9.53 Å². The van der Waals surface area contributed by atoms with Crippen LogP contribution in [-0.4, -0.2) is 22.5 Å². The third-order valence-corrected chi connectivity index (χ3v) is 3.12. The van der Waals surface area contributed by atoms with Gasteiger partial charge in [-0.3, -0.25) is 0 Å². The Labute approximate surface area is 100 Å². The number of fused-ring (bicyclic) bond motifs is 1. The molecule has 5 heteroatoms. The van der Waals surface area contributed by atoms with E-state index in [2.05, 4.69) is 32.6 Å². The average molecular weight is 316 g/mol. The van der Waals surface area contributed by atoms with Crippen molar-refractivity contribution in [2.45, 2.75) is 6.92 Å². The van der Waals surface area contributed by atoms with Crippen LogP contribution in [0.5, 0.6) is 0 Å². The molecule has 1 N–H and O–H groups in total. The molecule has 0 aliphatic rings. The predicted octanol–water partition coefficient (Wildman–Crippen LogP) is 2.34. The third kappa shape index (κ3) is 1.83. The third-order valence-electron chi connectivity index (χ3n) is 2.03.